The second-order valence-electron chi connectivity index (χ2n) is 7.73. The minimum absolute atomic E-state index is 0.179. The summed E-state index contributed by atoms with van der Waals surface area (Å²) in [5.41, 5.74) is 1.24. The van der Waals surface area contributed by atoms with E-state index in [1.807, 2.05) is 18.2 Å². The minimum Gasteiger partial charge on any atom is -0.390 e. The molecule has 2 fully saturated rings. The van der Waals surface area contributed by atoms with Gasteiger partial charge in [0.1, 0.15) is 5.82 Å². The summed E-state index contributed by atoms with van der Waals surface area (Å²) in [6, 6.07) is 17.8. The highest BCUT2D eigenvalue weighted by Gasteiger charge is 2.45. The van der Waals surface area contributed by atoms with Gasteiger partial charge in [0, 0.05) is 18.6 Å². The van der Waals surface area contributed by atoms with E-state index in [0.717, 1.165) is 6.54 Å². The molecular weight excluding hydrogens is 329 g/mol. The smallest absolute Gasteiger partial charge is 0.126 e. The van der Waals surface area contributed by atoms with Gasteiger partial charge in [-0.1, -0.05) is 48.5 Å². The van der Waals surface area contributed by atoms with E-state index in [1.54, 1.807) is 6.07 Å². The van der Waals surface area contributed by atoms with Crippen molar-refractivity contribution in [3.8, 4) is 0 Å². The molecule has 2 aliphatic heterocycles. The Labute approximate surface area is 154 Å². The van der Waals surface area contributed by atoms with Crippen LogP contribution in [0.3, 0.4) is 0 Å². The summed E-state index contributed by atoms with van der Waals surface area (Å²) in [5.74, 6) is -0.179. The summed E-state index contributed by atoms with van der Waals surface area (Å²) in [5, 5.41) is 11.2. The lowest BCUT2D eigenvalue weighted by Crippen LogP contribution is -2.61. The third-order valence-corrected chi connectivity index (χ3v) is 5.82. The number of aryl methyl sites for hydroxylation is 1. The van der Waals surface area contributed by atoms with Gasteiger partial charge >= 0.3 is 0 Å². The fourth-order valence-corrected chi connectivity index (χ4v) is 4.47. The van der Waals surface area contributed by atoms with Gasteiger partial charge < -0.3 is 9.84 Å². The molecule has 0 radical (unpaired) electrons. The molecular formula is C22H26FNO2. The molecule has 2 aliphatic rings. The summed E-state index contributed by atoms with van der Waals surface area (Å²) in [4.78, 5) is 2.48. The molecule has 2 aromatic rings. The van der Waals surface area contributed by atoms with Crippen molar-refractivity contribution in [1.82, 2.24) is 4.90 Å². The molecule has 2 heterocycles. The highest BCUT2D eigenvalue weighted by Crippen LogP contribution is 2.38. The van der Waals surface area contributed by atoms with Crippen LogP contribution in [0.15, 0.2) is 54.6 Å². The maximum Gasteiger partial charge on any atom is 0.126 e. The van der Waals surface area contributed by atoms with Crippen molar-refractivity contribution in [1.29, 1.82) is 0 Å². The summed E-state index contributed by atoms with van der Waals surface area (Å²) < 4.78 is 19.7. The molecule has 138 valence electrons. The van der Waals surface area contributed by atoms with Crippen LogP contribution < -0.4 is 0 Å². The van der Waals surface area contributed by atoms with E-state index < -0.39 is 5.60 Å². The SMILES string of the molecule is OC1(CCc2ccccc2F)CC2COCC(C1)N2Cc1ccccc1. The molecule has 4 heteroatoms. The van der Waals surface area contributed by atoms with E-state index in [9.17, 15) is 9.50 Å². The molecule has 0 saturated carbocycles. The van der Waals surface area contributed by atoms with Crippen LogP contribution in [0.25, 0.3) is 0 Å². The normalized spacial score (nSPS) is 28.8. The first kappa shape index (κ1) is 17.7. The molecule has 2 unspecified atom stereocenters. The predicted molar refractivity (Wildman–Crippen MR) is 99.3 cm³/mol. The highest BCUT2D eigenvalue weighted by atomic mass is 19.1. The molecule has 2 atom stereocenters. The fraction of sp³-hybridized carbons (Fsp3) is 0.455. The number of morpholine rings is 1. The first-order valence-electron chi connectivity index (χ1n) is 9.46. The van der Waals surface area contributed by atoms with Crippen molar-refractivity contribution >= 4 is 0 Å². The zero-order valence-electron chi connectivity index (χ0n) is 15.0. The number of hydrogen-bond donors (Lipinski definition) is 1. The van der Waals surface area contributed by atoms with Crippen LogP contribution in [0.5, 0.6) is 0 Å². The standard InChI is InChI=1S/C22H26FNO2/c23-21-9-5-4-8-18(21)10-11-22(25)12-19-15-26-16-20(13-22)24(19)14-17-6-2-1-3-7-17/h1-9,19-20,25H,10-16H2. The summed E-state index contributed by atoms with van der Waals surface area (Å²) in [6.07, 6.45) is 2.54. The van der Waals surface area contributed by atoms with E-state index in [0.29, 0.717) is 44.5 Å². The molecule has 0 aromatic heterocycles. The van der Waals surface area contributed by atoms with Gasteiger partial charge in [0.25, 0.3) is 0 Å². The Morgan fingerprint density at radius 3 is 2.35 bits per heavy atom. The number of fused-ring (bicyclic) bond motifs is 2. The Balaban J connectivity index is 1.44. The molecule has 2 aromatic carbocycles. The van der Waals surface area contributed by atoms with Crippen molar-refractivity contribution < 1.29 is 14.2 Å². The van der Waals surface area contributed by atoms with Crippen LogP contribution in [-0.4, -0.2) is 40.9 Å². The minimum atomic E-state index is -0.741. The third-order valence-electron chi connectivity index (χ3n) is 5.82. The van der Waals surface area contributed by atoms with Gasteiger partial charge in [0.2, 0.25) is 0 Å². The van der Waals surface area contributed by atoms with Crippen LogP contribution in [0.4, 0.5) is 4.39 Å². The van der Waals surface area contributed by atoms with E-state index in [1.165, 1.54) is 11.6 Å². The number of rotatable bonds is 5. The first-order valence-corrected chi connectivity index (χ1v) is 9.46. The Bertz CT molecular complexity index is 722. The van der Waals surface area contributed by atoms with E-state index in [-0.39, 0.29) is 17.9 Å². The van der Waals surface area contributed by atoms with Crippen LogP contribution in [0, 0.1) is 5.82 Å². The topological polar surface area (TPSA) is 32.7 Å². The van der Waals surface area contributed by atoms with E-state index in [4.69, 9.17) is 4.74 Å². The Morgan fingerprint density at radius 1 is 1.00 bits per heavy atom. The Morgan fingerprint density at radius 2 is 1.65 bits per heavy atom. The van der Waals surface area contributed by atoms with Gasteiger partial charge in [-0.15, -0.1) is 0 Å². The molecule has 2 saturated heterocycles. The molecule has 0 spiro atoms. The maximum absolute atomic E-state index is 13.9. The predicted octanol–water partition coefficient (Wildman–Crippen LogP) is 3.55. The van der Waals surface area contributed by atoms with Gasteiger partial charge in [0.05, 0.1) is 18.8 Å². The van der Waals surface area contributed by atoms with Gasteiger partial charge in [0.15, 0.2) is 0 Å². The number of hydrogen-bond acceptors (Lipinski definition) is 3. The summed E-state index contributed by atoms with van der Waals surface area (Å²) in [7, 11) is 0. The van der Waals surface area contributed by atoms with Gasteiger partial charge in [-0.25, -0.2) is 4.39 Å². The van der Waals surface area contributed by atoms with Crippen molar-refractivity contribution in [3.05, 3.63) is 71.5 Å². The average molecular weight is 355 g/mol. The number of nitrogens with zero attached hydrogens (tertiary/aromatic N) is 1. The number of halogens is 1. The lowest BCUT2D eigenvalue weighted by atomic mass is 9.77. The second kappa shape index (κ2) is 7.47. The van der Waals surface area contributed by atoms with Crippen LogP contribution >= 0.6 is 0 Å². The monoisotopic (exact) mass is 355 g/mol. The summed E-state index contributed by atoms with van der Waals surface area (Å²) >= 11 is 0. The first-order chi connectivity index (χ1) is 12.6. The quantitative estimate of drug-likeness (QED) is 0.890. The maximum atomic E-state index is 13.9. The van der Waals surface area contributed by atoms with Crippen molar-refractivity contribution in [2.24, 2.45) is 0 Å². The largest absolute Gasteiger partial charge is 0.390 e. The second-order valence-corrected chi connectivity index (χ2v) is 7.73. The van der Waals surface area contributed by atoms with Crippen LogP contribution in [0.1, 0.15) is 30.4 Å². The molecule has 3 nitrogen and oxygen atoms in total. The summed E-state index contributed by atoms with van der Waals surface area (Å²) in [6.45, 7) is 2.21. The average Bonchev–Trinajstić information content (AvgIpc) is 2.63. The van der Waals surface area contributed by atoms with Crippen LogP contribution in [0.2, 0.25) is 0 Å². The van der Waals surface area contributed by atoms with Gasteiger partial charge in [-0.05, 0) is 42.9 Å². The molecule has 4 rings (SSSR count). The van der Waals surface area contributed by atoms with E-state index >= 15 is 0 Å². The third kappa shape index (κ3) is 3.83. The van der Waals surface area contributed by atoms with Crippen LogP contribution in [-0.2, 0) is 17.7 Å². The lowest BCUT2D eigenvalue weighted by molar-refractivity contribution is -0.148. The molecule has 1 N–H and O–H groups in total. The Hall–Kier alpha value is -1.75. The Kier molecular flexibility index (Phi) is 5.07. The number of benzene rings is 2. The molecule has 0 amide bonds. The van der Waals surface area contributed by atoms with E-state index in [2.05, 4.69) is 29.2 Å². The van der Waals surface area contributed by atoms with Gasteiger partial charge in [-0.2, -0.15) is 0 Å². The number of ether oxygens (including phenoxy) is 1. The van der Waals surface area contributed by atoms with Crippen molar-refractivity contribution in [3.63, 3.8) is 0 Å². The highest BCUT2D eigenvalue weighted by molar-refractivity contribution is 5.18. The zero-order chi connectivity index (χ0) is 18.0. The number of aliphatic hydroxyl groups is 1. The van der Waals surface area contributed by atoms with Crippen molar-refractivity contribution in [2.75, 3.05) is 13.2 Å². The molecule has 26 heavy (non-hydrogen) atoms. The fourth-order valence-electron chi connectivity index (χ4n) is 4.47. The zero-order valence-corrected chi connectivity index (χ0v) is 15.0. The molecule has 2 bridgehead atoms. The lowest BCUT2D eigenvalue weighted by Gasteiger charge is -2.52. The number of piperidine rings is 1. The van der Waals surface area contributed by atoms with Gasteiger partial charge in [-0.3, -0.25) is 4.90 Å². The molecule has 0 aliphatic carbocycles. The van der Waals surface area contributed by atoms with Crippen molar-refractivity contribution in [2.45, 2.75) is 49.9 Å².